The summed E-state index contributed by atoms with van der Waals surface area (Å²) in [6.45, 7) is 0.122. The van der Waals surface area contributed by atoms with Crippen molar-refractivity contribution in [3.05, 3.63) is 65.8 Å². The Morgan fingerprint density at radius 1 is 1.24 bits per heavy atom. The predicted molar refractivity (Wildman–Crippen MR) is 87.3 cm³/mol. The minimum absolute atomic E-state index is 0.0851. The van der Waals surface area contributed by atoms with Gasteiger partial charge in [0.1, 0.15) is 22.5 Å². The minimum Gasteiger partial charge on any atom is -0.478 e. The van der Waals surface area contributed by atoms with Crippen LogP contribution in [0.2, 0.25) is 0 Å². The van der Waals surface area contributed by atoms with Crippen molar-refractivity contribution >= 4 is 28.5 Å². The molecular formula is C17H12N4O4. The number of aromatic nitrogens is 3. The Morgan fingerprint density at radius 2 is 2.12 bits per heavy atom. The Kier molecular flexibility index (Phi) is 3.42. The van der Waals surface area contributed by atoms with E-state index in [0.29, 0.717) is 22.4 Å². The van der Waals surface area contributed by atoms with E-state index < -0.39 is 5.97 Å². The van der Waals surface area contributed by atoms with Crippen molar-refractivity contribution in [3.63, 3.8) is 0 Å². The first-order valence-electron chi connectivity index (χ1n) is 7.45. The average molecular weight is 336 g/mol. The summed E-state index contributed by atoms with van der Waals surface area (Å²) in [5, 5.41) is 16.7. The van der Waals surface area contributed by atoms with Gasteiger partial charge in [-0.25, -0.2) is 14.3 Å². The Labute approximate surface area is 140 Å². The molecule has 8 nitrogen and oxygen atoms in total. The molecule has 0 bridgehead atoms. The maximum Gasteiger partial charge on any atom is 0.339 e. The zero-order valence-corrected chi connectivity index (χ0v) is 12.8. The van der Waals surface area contributed by atoms with E-state index in [2.05, 4.69) is 15.4 Å². The molecule has 4 aromatic rings. The summed E-state index contributed by atoms with van der Waals surface area (Å²) >= 11 is 0. The Morgan fingerprint density at radius 3 is 2.96 bits per heavy atom. The van der Waals surface area contributed by atoms with Crippen LogP contribution in [0.3, 0.4) is 0 Å². The number of hydrogen-bond donors (Lipinski definition) is 2. The van der Waals surface area contributed by atoms with Gasteiger partial charge in [0.2, 0.25) is 0 Å². The number of furan rings is 1. The molecule has 0 aliphatic rings. The van der Waals surface area contributed by atoms with Crippen molar-refractivity contribution in [2.75, 3.05) is 0 Å². The second kappa shape index (κ2) is 5.75. The average Bonchev–Trinajstić information content (AvgIpc) is 3.22. The van der Waals surface area contributed by atoms with E-state index in [1.54, 1.807) is 36.7 Å². The van der Waals surface area contributed by atoms with Crippen molar-refractivity contribution in [1.82, 2.24) is 19.9 Å². The number of nitrogens with one attached hydrogen (secondary N) is 1. The number of rotatable bonds is 4. The number of carbonyl (C=O) groups is 2. The molecule has 8 heteroatoms. The lowest BCUT2D eigenvalue weighted by atomic mass is 10.1. The third-order valence-electron chi connectivity index (χ3n) is 3.77. The van der Waals surface area contributed by atoms with Crippen LogP contribution in [0.1, 0.15) is 26.5 Å². The standard InChI is InChI=1S/C17H12N4O4/c22-16(13-9-20-21-6-2-5-18-15(13)21)19-8-11-7-10-3-1-4-12(17(23)24)14(10)25-11/h1-7,9H,8H2,(H,19,22)(H,23,24). The van der Waals surface area contributed by atoms with Crippen LogP contribution in [-0.4, -0.2) is 31.6 Å². The van der Waals surface area contributed by atoms with Crippen LogP contribution in [-0.2, 0) is 6.54 Å². The first-order valence-corrected chi connectivity index (χ1v) is 7.45. The van der Waals surface area contributed by atoms with E-state index in [1.165, 1.54) is 16.8 Å². The van der Waals surface area contributed by atoms with Crippen molar-refractivity contribution in [3.8, 4) is 0 Å². The molecule has 0 saturated carbocycles. The molecule has 25 heavy (non-hydrogen) atoms. The van der Waals surface area contributed by atoms with Gasteiger partial charge in [0.05, 0.1) is 12.7 Å². The highest BCUT2D eigenvalue weighted by molar-refractivity contribution is 6.01. The zero-order valence-electron chi connectivity index (χ0n) is 12.8. The van der Waals surface area contributed by atoms with E-state index in [9.17, 15) is 14.7 Å². The Bertz CT molecular complexity index is 1110. The molecule has 4 rings (SSSR count). The fourth-order valence-electron chi connectivity index (χ4n) is 2.62. The first-order chi connectivity index (χ1) is 12.1. The van der Waals surface area contributed by atoms with Crippen LogP contribution < -0.4 is 5.32 Å². The van der Waals surface area contributed by atoms with Gasteiger partial charge in [-0.3, -0.25) is 4.79 Å². The largest absolute Gasteiger partial charge is 0.478 e. The van der Waals surface area contributed by atoms with Crippen LogP contribution in [0, 0.1) is 0 Å². The number of carboxylic acids is 1. The number of hydrogen-bond acceptors (Lipinski definition) is 5. The first kappa shape index (κ1) is 14.9. The fraction of sp³-hybridized carbons (Fsp3) is 0.0588. The van der Waals surface area contributed by atoms with Crippen molar-refractivity contribution in [1.29, 1.82) is 0 Å². The van der Waals surface area contributed by atoms with Gasteiger partial charge in [0, 0.05) is 17.8 Å². The summed E-state index contributed by atoms with van der Waals surface area (Å²) in [4.78, 5) is 27.7. The van der Waals surface area contributed by atoms with Gasteiger partial charge in [-0.2, -0.15) is 5.10 Å². The van der Waals surface area contributed by atoms with Gasteiger partial charge < -0.3 is 14.8 Å². The van der Waals surface area contributed by atoms with Crippen LogP contribution in [0.25, 0.3) is 16.6 Å². The predicted octanol–water partition coefficient (Wildman–Crippen LogP) is 2.10. The van der Waals surface area contributed by atoms with Crippen LogP contribution in [0.4, 0.5) is 0 Å². The molecular weight excluding hydrogens is 324 g/mol. The molecule has 0 saturated heterocycles. The maximum absolute atomic E-state index is 12.3. The smallest absolute Gasteiger partial charge is 0.339 e. The number of carboxylic acid groups (broad SMARTS) is 1. The normalized spacial score (nSPS) is 11.0. The number of para-hydroxylation sites is 1. The number of nitrogens with zero attached hydrogens (tertiary/aromatic N) is 3. The zero-order chi connectivity index (χ0) is 17.4. The molecule has 0 atom stereocenters. The molecule has 3 heterocycles. The molecule has 0 unspecified atom stereocenters. The van der Waals surface area contributed by atoms with Gasteiger partial charge in [-0.15, -0.1) is 0 Å². The second-order valence-electron chi connectivity index (χ2n) is 5.37. The highest BCUT2D eigenvalue weighted by Gasteiger charge is 2.16. The van der Waals surface area contributed by atoms with Crippen LogP contribution in [0.15, 0.2) is 53.3 Å². The molecule has 0 spiro atoms. The van der Waals surface area contributed by atoms with Gasteiger partial charge in [0.25, 0.3) is 5.91 Å². The van der Waals surface area contributed by atoms with E-state index in [-0.39, 0.29) is 23.6 Å². The maximum atomic E-state index is 12.3. The topological polar surface area (TPSA) is 110 Å². The monoisotopic (exact) mass is 336 g/mol. The van der Waals surface area contributed by atoms with Crippen LogP contribution >= 0.6 is 0 Å². The number of aromatic carboxylic acids is 1. The molecule has 2 N–H and O–H groups in total. The molecule has 0 aliphatic heterocycles. The lowest BCUT2D eigenvalue weighted by Gasteiger charge is -2.01. The number of benzene rings is 1. The van der Waals surface area contributed by atoms with Gasteiger partial charge in [0.15, 0.2) is 5.65 Å². The summed E-state index contributed by atoms with van der Waals surface area (Å²) in [6.07, 6.45) is 4.73. The van der Waals surface area contributed by atoms with Gasteiger partial charge in [-0.05, 0) is 18.2 Å². The van der Waals surface area contributed by atoms with Gasteiger partial charge in [-0.1, -0.05) is 12.1 Å². The van der Waals surface area contributed by atoms with Crippen molar-refractivity contribution < 1.29 is 19.1 Å². The fourth-order valence-corrected chi connectivity index (χ4v) is 2.62. The van der Waals surface area contributed by atoms with E-state index in [1.807, 2.05) is 0 Å². The summed E-state index contributed by atoms with van der Waals surface area (Å²) in [5.41, 5.74) is 1.18. The van der Waals surface area contributed by atoms with Crippen molar-refractivity contribution in [2.45, 2.75) is 6.54 Å². The highest BCUT2D eigenvalue weighted by atomic mass is 16.4. The molecule has 124 valence electrons. The highest BCUT2D eigenvalue weighted by Crippen LogP contribution is 2.23. The van der Waals surface area contributed by atoms with E-state index >= 15 is 0 Å². The Balaban J connectivity index is 1.57. The molecule has 1 aromatic carbocycles. The summed E-state index contributed by atoms with van der Waals surface area (Å²) in [7, 11) is 0. The minimum atomic E-state index is -1.06. The van der Waals surface area contributed by atoms with E-state index in [4.69, 9.17) is 4.42 Å². The molecule has 0 fully saturated rings. The second-order valence-corrected chi connectivity index (χ2v) is 5.37. The Hall–Kier alpha value is -3.68. The quantitative estimate of drug-likeness (QED) is 0.590. The molecule has 1 amide bonds. The van der Waals surface area contributed by atoms with Gasteiger partial charge >= 0.3 is 5.97 Å². The molecule has 0 radical (unpaired) electrons. The lowest BCUT2D eigenvalue weighted by molar-refractivity contribution is 0.0697. The lowest BCUT2D eigenvalue weighted by Crippen LogP contribution is -2.22. The summed E-state index contributed by atoms with van der Waals surface area (Å²) in [5.74, 6) is -0.943. The third kappa shape index (κ3) is 2.59. The molecule has 3 aromatic heterocycles. The number of fused-ring (bicyclic) bond motifs is 2. The number of carbonyl (C=O) groups excluding carboxylic acids is 1. The van der Waals surface area contributed by atoms with Crippen molar-refractivity contribution in [2.24, 2.45) is 0 Å². The summed E-state index contributed by atoms with van der Waals surface area (Å²) in [6, 6.07) is 8.30. The van der Waals surface area contributed by atoms with E-state index in [0.717, 1.165) is 0 Å². The third-order valence-corrected chi connectivity index (χ3v) is 3.77. The van der Waals surface area contributed by atoms with Crippen LogP contribution in [0.5, 0.6) is 0 Å². The SMILES string of the molecule is O=C(O)c1cccc2cc(CNC(=O)c3cnn4cccnc34)oc12. The number of amides is 1. The molecule has 0 aliphatic carbocycles. The summed E-state index contributed by atoms with van der Waals surface area (Å²) < 4.78 is 7.09.